The lowest BCUT2D eigenvalue weighted by Gasteiger charge is -2.22. The summed E-state index contributed by atoms with van der Waals surface area (Å²) in [7, 11) is 0. The highest BCUT2D eigenvalue weighted by Gasteiger charge is 2.38. The van der Waals surface area contributed by atoms with Crippen LogP contribution in [0.5, 0.6) is 0 Å². The summed E-state index contributed by atoms with van der Waals surface area (Å²) in [5.74, 6) is -5.21. The maximum absolute atomic E-state index is 11.9. The van der Waals surface area contributed by atoms with Crippen molar-refractivity contribution in [3.63, 3.8) is 0 Å². The fraction of sp³-hybridized carbons (Fsp3) is 0.714. The lowest BCUT2D eigenvalue weighted by Crippen LogP contribution is -2.56. The largest absolute Gasteiger partial charge is 0.490 e. The first-order valence-corrected chi connectivity index (χ1v) is 8.41. The van der Waals surface area contributed by atoms with Crippen LogP contribution in [0.15, 0.2) is 0 Å². The van der Waals surface area contributed by atoms with E-state index in [-0.39, 0.29) is 18.1 Å². The van der Waals surface area contributed by atoms with Gasteiger partial charge in [0.25, 0.3) is 0 Å². The number of carbonyl (C=O) groups excluding carboxylic acids is 2. The third-order valence-electron chi connectivity index (χ3n) is 2.91. The van der Waals surface area contributed by atoms with Crippen molar-refractivity contribution in [2.75, 3.05) is 12.4 Å². The Labute approximate surface area is 164 Å². The molecule has 0 rings (SSSR count). The Morgan fingerprint density at radius 1 is 1.04 bits per heavy atom. The number of alkyl halides is 3. The van der Waals surface area contributed by atoms with Crippen LogP contribution in [-0.4, -0.2) is 75.7 Å². The highest BCUT2D eigenvalue weighted by Crippen LogP contribution is 2.13. The van der Waals surface area contributed by atoms with Gasteiger partial charge in [-0.3, -0.25) is 9.59 Å². The van der Waals surface area contributed by atoms with Gasteiger partial charge < -0.3 is 31.7 Å². The topological polar surface area (TPSA) is 179 Å². The van der Waals surface area contributed by atoms with E-state index in [1.807, 2.05) is 13.8 Å². The number of hydrogen-bond donors (Lipinski definition) is 7. The molecule has 0 aliphatic carbocycles. The number of rotatable bonds is 9. The summed E-state index contributed by atoms with van der Waals surface area (Å²) in [6.07, 6.45) is -4.84. The number of aliphatic hydroxyl groups is 1. The van der Waals surface area contributed by atoms with Gasteiger partial charge in [-0.25, -0.2) is 9.59 Å². The Balaban J connectivity index is 0. The number of carbonyl (C=O) groups is 4. The molecule has 0 spiro atoms. The van der Waals surface area contributed by atoms with Gasteiger partial charge in [0, 0.05) is 5.75 Å². The summed E-state index contributed by atoms with van der Waals surface area (Å²) < 4.78 is 31.7. The van der Waals surface area contributed by atoms with Crippen molar-refractivity contribution < 1.29 is 47.7 Å². The van der Waals surface area contributed by atoms with E-state index >= 15 is 0 Å². The molecule has 10 nitrogen and oxygen atoms in total. The molecule has 0 aliphatic heterocycles. The van der Waals surface area contributed by atoms with E-state index < -0.39 is 54.7 Å². The second-order valence-electron chi connectivity index (χ2n) is 5.86. The minimum atomic E-state index is -5.08. The number of thiol groups is 1. The first kappa shape index (κ1) is 28.2. The second-order valence-corrected chi connectivity index (χ2v) is 6.23. The molecule has 0 aromatic carbocycles. The van der Waals surface area contributed by atoms with Gasteiger partial charge in [0.1, 0.15) is 12.1 Å². The van der Waals surface area contributed by atoms with Gasteiger partial charge in [-0.1, -0.05) is 13.8 Å². The first-order chi connectivity index (χ1) is 12.7. The molecule has 164 valence electrons. The second kappa shape index (κ2) is 13.2. The number of carboxylic acids is 2. The van der Waals surface area contributed by atoms with Crippen molar-refractivity contribution >= 4 is 36.4 Å². The summed E-state index contributed by atoms with van der Waals surface area (Å²) in [4.78, 5) is 43.4. The first-order valence-electron chi connectivity index (χ1n) is 7.78. The molecule has 2 amide bonds. The summed E-state index contributed by atoms with van der Waals surface area (Å²) in [5.41, 5.74) is 5.44. The predicted molar refractivity (Wildman–Crippen MR) is 93.6 cm³/mol. The van der Waals surface area contributed by atoms with Crippen LogP contribution in [0, 0.1) is 5.92 Å². The van der Waals surface area contributed by atoms with E-state index in [9.17, 15) is 27.6 Å². The van der Waals surface area contributed by atoms with Crippen LogP contribution in [0.4, 0.5) is 13.2 Å². The standard InChI is InChI=1S/C12H23N3O5S.C2HF3O2/c1-6(2)3-8(12(19)20)14-11(18)9(4-16)15-10(17)7(13)5-21;3-2(4,5)1(6)7/h6-9,16,21H,3-5,13H2,1-2H3,(H,14,18)(H,15,17)(H,19,20);(H,6,7)/t7-,8-,9-;/m0./s1. The smallest absolute Gasteiger partial charge is 0.480 e. The molecule has 14 heteroatoms. The minimum Gasteiger partial charge on any atom is -0.480 e. The third kappa shape index (κ3) is 12.3. The maximum atomic E-state index is 11.9. The van der Waals surface area contributed by atoms with Crippen LogP contribution < -0.4 is 16.4 Å². The van der Waals surface area contributed by atoms with Gasteiger partial charge in [0.05, 0.1) is 12.6 Å². The molecule has 28 heavy (non-hydrogen) atoms. The molecule has 0 aromatic rings. The quantitative estimate of drug-likeness (QED) is 0.225. The predicted octanol–water partition coefficient (Wildman–Crippen LogP) is -1.03. The van der Waals surface area contributed by atoms with E-state index in [1.54, 1.807) is 0 Å². The van der Waals surface area contributed by atoms with Gasteiger partial charge in [-0.05, 0) is 12.3 Å². The molecule has 0 unspecified atom stereocenters. The molecule has 0 fully saturated rings. The van der Waals surface area contributed by atoms with Crippen molar-refractivity contribution in [1.29, 1.82) is 0 Å². The molecule has 0 bridgehead atoms. The summed E-state index contributed by atoms with van der Waals surface area (Å²) in [6, 6.07) is -3.25. The number of hydrogen-bond acceptors (Lipinski definition) is 7. The van der Waals surface area contributed by atoms with Crippen molar-refractivity contribution in [3.05, 3.63) is 0 Å². The molecular formula is C14H24F3N3O7S. The Hall–Kier alpha value is -2.06. The SMILES string of the molecule is CC(C)C[C@H](NC(=O)[C@H](CO)NC(=O)[C@@H](N)CS)C(=O)O.O=C(O)C(F)(F)F. The fourth-order valence-corrected chi connectivity index (χ4v) is 1.69. The van der Waals surface area contributed by atoms with E-state index in [0.717, 1.165) is 0 Å². The normalized spacial score (nSPS) is 14.2. The maximum Gasteiger partial charge on any atom is 0.490 e. The Morgan fingerprint density at radius 2 is 1.46 bits per heavy atom. The molecule has 0 aromatic heterocycles. The monoisotopic (exact) mass is 435 g/mol. The zero-order valence-corrected chi connectivity index (χ0v) is 16.0. The third-order valence-corrected chi connectivity index (χ3v) is 3.31. The zero-order valence-electron chi connectivity index (χ0n) is 15.1. The lowest BCUT2D eigenvalue weighted by atomic mass is 10.0. The number of amides is 2. The number of carboxylic acid groups (broad SMARTS) is 2. The molecule has 7 N–H and O–H groups in total. The highest BCUT2D eigenvalue weighted by molar-refractivity contribution is 7.80. The Morgan fingerprint density at radius 3 is 1.75 bits per heavy atom. The molecule has 0 saturated heterocycles. The number of aliphatic hydroxyl groups excluding tert-OH is 1. The zero-order chi connectivity index (χ0) is 22.7. The van der Waals surface area contributed by atoms with Crippen molar-refractivity contribution in [1.82, 2.24) is 10.6 Å². The molecule has 3 atom stereocenters. The highest BCUT2D eigenvalue weighted by atomic mass is 32.1. The number of nitrogens with two attached hydrogens (primary N) is 1. The van der Waals surface area contributed by atoms with E-state index in [0.29, 0.717) is 0 Å². The average Bonchev–Trinajstić information content (AvgIpc) is 2.56. The van der Waals surface area contributed by atoms with Crippen LogP contribution in [0.3, 0.4) is 0 Å². The van der Waals surface area contributed by atoms with Crippen LogP contribution in [0.1, 0.15) is 20.3 Å². The van der Waals surface area contributed by atoms with Gasteiger partial charge >= 0.3 is 18.1 Å². The Bertz CT molecular complexity index is 547. The van der Waals surface area contributed by atoms with E-state index in [2.05, 4.69) is 23.3 Å². The summed E-state index contributed by atoms with van der Waals surface area (Å²) >= 11 is 3.85. The molecule has 0 saturated carbocycles. The van der Waals surface area contributed by atoms with Crippen molar-refractivity contribution in [2.45, 2.75) is 44.6 Å². The molecule has 0 radical (unpaired) electrons. The number of halogens is 3. The average molecular weight is 435 g/mol. The minimum absolute atomic E-state index is 0.0613. The van der Waals surface area contributed by atoms with Gasteiger partial charge in [0.15, 0.2) is 0 Å². The summed E-state index contributed by atoms with van der Waals surface area (Å²) in [5, 5.41) is 29.8. The number of aliphatic carboxylic acids is 2. The van der Waals surface area contributed by atoms with Gasteiger partial charge in [0.2, 0.25) is 11.8 Å². The number of nitrogens with one attached hydrogen (secondary N) is 2. The van der Waals surface area contributed by atoms with E-state index in [4.69, 9.17) is 25.8 Å². The van der Waals surface area contributed by atoms with Gasteiger partial charge in [-0.2, -0.15) is 25.8 Å². The molecular weight excluding hydrogens is 411 g/mol. The van der Waals surface area contributed by atoms with Gasteiger partial charge in [-0.15, -0.1) is 0 Å². The molecule has 0 aliphatic rings. The van der Waals surface area contributed by atoms with Crippen LogP contribution in [-0.2, 0) is 19.2 Å². The van der Waals surface area contributed by atoms with E-state index in [1.165, 1.54) is 0 Å². The van der Waals surface area contributed by atoms with Crippen molar-refractivity contribution in [2.24, 2.45) is 11.7 Å². The molecule has 0 heterocycles. The summed E-state index contributed by atoms with van der Waals surface area (Å²) in [6.45, 7) is 2.98. The van der Waals surface area contributed by atoms with Crippen LogP contribution in [0.2, 0.25) is 0 Å². The Kier molecular flexibility index (Phi) is 13.2. The van der Waals surface area contributed by atoms with Crippen LogP contribution >= 0.6 is 12.6 Å². The van der Waals surface area contributed by atoms with Crippen molar-refractivity contribution in [3.8, 4) is 0 Å². The fourth-order valence-electron chi connectivity index (χ4n) is 1.52. The van der Waals surface area contributed by atoms with Crippen LogP contribution in [0.25, 0.3) is 0 Å². The lowest BCUT2D eigenvalue weighted by molar-refractivity contribution is -0.192.